The summed E-state index contributed by atoms with van der Waals surface area (Å²) in [5.74, 6) is -2.91. The largest absolute Gasteiger partial charge is 0.508 e. The molecule has 0 aromatic heterocycles. The van der Waals surface area contributed by atoms with E-state index < -0.39 is 42.0 Å². The zero-order valence-electron chi connectivity index (χ0n) is 20.2. The predicted octanol–water partition coefficient (Wildman–Crippen LogP) is -1.70. The lowest BCUT2D eigenvalue weighted by atomic mass is 10.0. The summed E-state index contributed by atoms with van der Waals surface area (Å²) < 4.78 is 0. The van der Waals surface area contributed by atoms with Crippen molar-refractivity contribution in [3.8, 4) is 5.75 Å². The first kappa shape index (κ1) is 28.4. The molecule has 1 fully saturated rings. The van der Waals surface area contributed by atoms with Crippen LogP contribution in [0.2, 0.25) is 0 Å². The Bertz CT molecular complexity index is 943. The van der Waals surface area contributed by atoms with Gasteiger partial charge in [0.25, 0.3) is 0 Å². The van der Waals surface area contributed by atoms with Gasteiger partial charge in [0.1, 0.15) is 23.9 Å². The second kappa shape index (κ2) is 13.9. The van der Waals surface area contributed by atoms with Crippen LogP contribution in [-0.4, -0.2) is 77.1 Å². The van der Waals surface area contributed by atoms with Gasteiger partial charge >= 0.3 is 5.97 Å². The Kier molecular flexibility index (Phi) is 10.9. The molecule has 1 aromatic rings. The van der Waals surface area contributed by atoms with Crippen LogP contribution in [-0.2, 0) is 25.6 Å². The predicted molar refractivity (Wildman–Crippen MR) is 132 cm³/mol. The third-order valence-corrected chi connectivity index (χ3v) is 5.69. The Hall–Kier alpha value is -3.87. The number of hydrogen-bond acceptors (Lipinski definition) is 7. The zero-order chi connectivity index (χ0) is 26.7. The lowest BCUT2D eigenvalue weighted by molar-refractivity contribution is -0.141. The van der Waals surface area contributed by atoms with Crippen LogP contribution in [0.4, 0.5) is 0 Å². The Morgan fingerprint density at radius 2 is 1.75 bits per heavy atom. The van der Waals surface area contributed by atoms with Crippen molar-refractivity contribution in [2.45, 2.75) is 63.2 Å². The second-order valence-electron chi connectivity index (χ2n) is 8.66. The number of benzene rings is 1. The molecule has 1 aliphatic heterocycles. The number of nitrogens with zero attached hydrogens (tertiary/aromatic N) is 1. The van der Waals surface area contributed by atoms with Gasteiger partial charge in [-0.15, -0.1) is 0 Å². The summed E-state index contributed by atoms with van der Waals surface area (Å²) >= 11 is 0. The van der Waals surface area contributed by atoms with Gasteiger partial charge in [-0.25, -0.2) is 0 Å². The van der Waals surface area contributed by atoms with Crippen LogP contribution in [0.25, 0.3) is 0 Å². The van der Waals surface area contributed by atoms with Crippen LogP contribution in [0.3, 0.4) is 0 Å². The minimum atomic E-state index is -1.23. The normalized spacial score (nSPS) is 17.3. The number of carbonyl (C=O) groups excluding carboxylic acids is 3. The fourth-order valence-corrected chi connectivity index (χ4v) is 3.68. The minimum absolute atomic E-state index is 0.0308. The van der Waals surface area contributed by atoms with Crippen LogP contribution in [0.15, 0.2) is 29.3 Å². The molecule has 10 N–H and O–H groups in total. The van der Waals surface area contributed by atoms with Gasteiger partial charge in [-0.2, -0.15) is 0 Å². The molecule has 0 bridgehead atoms. The Morgan fingerprint density at radius 1 is 1.08 bits per heavy atom. The molecular weight excluding hydrogens is 470 g/mol. The quantitative estimate of drug-likeness (QED) is 0.0868. The van der Waals surface area contributed by atoms with E-state index in [1.54, 1.807) is 12.1 Å². The van der Waals surface area contributed by atoms with Gasteiger partial charge in [-0.1, -0.05) is 12.1 Å². The SMILES string of the molecule is CC(NC(=O)C(Cc1ccc(O)cc1)NC(=O)C(CCCN=C(N)N)NC(=O)C1CCCN1)C(=O)O. The number of phenols is 1. The zero-order valence-corrected chi connectivity index (χ0v) is 20.2. The van der Waals surface area contributed by atoms with Crippen molar-refractivity contribution in [1.29, 1.82) is 0 Å². The molecule has 4 unspecified atom stereocenters. The monoisotopic (exact) mass is 505 g/mol. The number of nitrogens with one attached hydrogen (secondary N) is 4. The third kappa shape index (κ3) is 9.41. The molecule has 198 valence electrons. The van der Waals surface area contributed by atoms with E-state index >= 15 is 0 Å². The van der Waals surface area contributed by atoms with E-state index in [0.717, 1.165) is 6.42 Å². The van der Waals surface area contributed by atoms with E-state index in [4.69, 9.17) is 16.6 Å². The molecule has 4 atom stereocenters. The van der Waals surface area contributed by atoms with Crippen molar-refractivity contribution in [3.63, 3.8) is 0 Å². The number of phenolic OH excluding ortho intramolecular Hbond substituents is 1. The standard InChI is InChI=1S/C23H35N7O6/c1-13(22(35)36)28-21(34)18(12-14-6-8-15(31)9-7-14)30-20(33)17(5-3-11-27-23(24)25)29-19(32)16-4-2-10-26-16/h6-9,13,16-18,26,31H,2-5,10-12H2,1H3,(H,28,34)(H,29,32)(H,30,33)(H,35,36)(H4,24,25,27). The number of guanidine groups is 1. The average molecular weight is 506 g/mol. The van der Waals surface area contributed by atoms with E-state index in [1.807, 2.05) is 0 Å². The molecule has 0 spiro atoms. The van der Waals surface area contributed by atoms with E-state index in [9.17, 15) is 24.3 Å². The molecule has 0 aliphatic carbocycles. The molecular formula is C23H35N7O6. The molecule has 3 amide bonds. The van der Waals surface area contributed by atoms with Gasteiger partial charge in [-0.05, 0) is 56.8 Å². The number of aliphatic carboxylic acids is 1. The maximum atomic E-state index is 13.2. The van der Waals surface area contributed by atoms with E-state index in [-0.39, 0.29) is 37.0 Å². The number of aliphatic imine (C=N–C) groups is 1. The van der Waals surface area contributed by atoms with Crippen molar-refractivity contribution in [2.75, 3.05) is 13.1 Å². The third-order valence-electron chi connectivity index (χ3n) is 5.69. The molecule has 2 rings (SSSR count). The van der Waals surface area contributed by atoms with E-state index in [0.29, 0.717) is 24.9 Å². The summed E-state index contributed by atoms with van der Waals surface area (Å²) in [6.07, 6.45) is 2.12. The fourth-order valence-electron chi connectivity index (χ4n) is 3.68. The van der Waals surface area contributed by atoms with Crippen LogP contribution in [0.5, 0.6) is 5.75 Å². The lowest BCUT2D eigenvalue weighted by Gasteiger charge is -2.25. The molecule has 36 heavy (non-hydrogen) atoms. The highest BCUT2D eigenvalue weighted by molar-refractivity contribution is 5.94. The van der Waals surface area contributed by atoms with Gasteiger partial charge in [0.05, 0.1) is 6.04 Å². The Labute approximate surface area is 209 Å². The van der Waals surface area contributed by atoms with Gasteiger partial charge in [0.2, 0.25) is 17.7 Å². The molecule has 13 nitrogen and oxygen atoms in total. The van der Waals surface area contributed by atoms with Crippen LogP contribution in [0, 0.1) is 0 Å². The topological polar surface area (TPSA) is 221 Å². The smallest absolute Gasteiger partial charge is 0.325 e. The number of amides is 3. The minimum Gasteiger partial charge on any atom is -0.508 e. The van der Waals surface area contributed by atoms with Gasteiger partial charge in [-0.3, -0.25) is 24.2 Å². The van der Waals surface area contributed by atoms with Crippen LogP contribution >= 0.6 is 0 Å². The van der Waals surface area contributed by atoms with Gasteiger partial charge < -0.3 is 42.9 Å². The first-order valence-corrected chi connectivity index (χ1v) is 11.8. The van der Waals surface area contributed by atoms with Crippen molar-refractivity contribution in [2.24, 2.45) is 16.5 Å². The number of aromatic hydroxyl groups is 1. The van der Waals surface area contributed by atoms with Crippen molar-refractivity contribution in [3.05, 3.63) is 29.8 Å². The maximum absolute atomic E-state index is 13.2. The highest BCUT2D eigenvalue weighted by Crippen LogP contribution is 2.12. The number of rotatable bonds is 13. The summed E-state index contributed by atoms with van der Waals surface area (Å²) in [5, 5.41) is 29.5. The average Bonchev–Trinajstić information content (AvgIpc) is 3.36. The number of hydrogen-bond donors (Lipinski definition) is 8. The summed E-state index contributed by atoms with van der Waals surface area (Å²) in [6, 6.07) is 2.35. The molecule has 13 heteroatoms. The molecule has 1 heterocycles. The number of carboxylic acid groups (broad SMARTS) is 1. The summed E-state index contributed by atoms with van der Waals surface area (Å²) in [5.41, 5.74) is 11.3. The second-order valence-corrected chi connectivity index (χ2v) is 8.66. The van der Waals surface area contributed by atoms with E-state index in [2.05, 4.69) is 26.3 Å². The Balaban J connectivity index is 2.17. The molecule has 1 saturated heterocycles. The summed E-state index contributed by atoms with van der Waals surface area (Å²) in [4.78, 5) is 53.9. The lowest BCUT2D eigenvalue weighted by Crippen LogP contribution is -2.57. The molecule has 0 radical (unpaired) electrons. The first-order chi connectivity index (χ1) is 17.1. The van der Waals surface area contributed by atoms with Gasteiger partial charge in [0.15, 0.2) is 5.96 Å². The molecule has 0 saturated carbocycles. The number of carboxylic acids is 1. The van der Waals surface area contributed by atoms with Gasteiger partial charge in [0, 0.05) is 13.0 Å². The number of carbonyl (C=O) groups is 4. The van der Waals surface area contributed by atoms with E-state index in [1.165, 1.54) is 19.1 Å². The van der Waals surface area contributed by atoms with Crippen molar-refractivity contribution in [1.82, 2.24) is 21.3 Å². The van der Waals surface area contributed by atoms with Crippen LogP contribution in [0.1, 0.15) is 38.2 Å². The summed E-state index contributed by atoms with van der Waals surface area (Å²) in [7, 11) is 0. The van der Waals surface area contributed by atoms with Crippen molar-refractivity contribution < 1.29 is 29.4 Å². The van der Waals surface area contributed by atoms with Crippen molar-refractivity contribution >= 4 is 29.7 Å². The van der Waals surface area contributed by atoms with Crippen LogP contribution < -0.4 is 32.7 Å². The fraction of sp³-hybridized carbons (Fsp3) is 0.522. The highest BCUT2D eigenvalue weighted by atomic mass is 16.4. The highest BCUT2D eigenvalue weighted by Gasteiger charge is 2.30. The molecule has 1 aromatic carbocycles. The maximum Gasteiger partial charge on any atom is 0.325 e. The number of nitrogens with two attached hydrogens (primary N) is 2. The first-order valence-electron chi connectivity index (χ1n) is 11.8. The molecule has 1 aliphatic rings. The summed E-state index contributed by atoms with van der Waals surface area (Å²) in [6.45, 7) is 2.26. The Morgan fingerprint density at radius 3 is 2.33 bits per heavy atom.